The molecule has 0 fully saturated rings. The Bertz CT molecular complexity index is 417. The smallest absolute Gasteiger partial charge is 0.224 e. The molecule has 3 nitrogen and oxygen atoms in total. The Morgan fingerprint density at radius 2 is 1.86 bits per heavy atom. The first-order chi connectivity index (χ1) is 10.2. The minimum absolute atomic E-state index is 0.125. The minimum Gasteiger partial charge on any atom is -0.326 e. The summed E-state index contributed by atoms with van der Waals surface area (Å²) in [6.07, 6.45) is 7.88. The summed E-state index contributed by atoms with van der Waals surface area (Å²) in [5.74, 6) is 0.125. The molecule has 1 atom stereocenters. The first-order valence-electron chi connectivity index (χ1n) is 8.24. The molecule has 0 aliphatic carbocycles. The molecule has 1 aromatic rings. The fourth-order valence-electron chi connectivity index (χ4n) is 2.34. The third kappa shape index (κ3) is 7.28. The second-order valence-electron chi connectivity index (χ2n) is 5.70. The maximum Gasteiger partial charge on any atom is 0.224 e. The van der Waals surface area contributed by atoms with Gasteiger partial charge in [-0.15, -0.1) is 0 Å². The maximum atomic E-state index is 11.9. The van der Waals surface area contributed by atoms with Gasteiger partial charge in [-0.1, -0.05) is 51.2 Å². The first kappa shape index (κ1) is 17.7. The zero-order valence-corrected chi connectivity index (χ0v) is 13.7. The van der Waals surface area contributed by atoms with Gasteiger partial charge in [0, 0.05) is 18.2 Å². The van der Waals surface area contributed by atoms with Gasteiger partial charge in [-0.3, -0.25) is 4.79 Å². The van der Waals surface area contributed by atoms with Crippen molar-refractivity contribution in [2.75, 3.05) is 12.4 Å². The largest absolute Gasteiger partial charge is 0.326 e. The second kappa shape index (κ2) is 10.4. The number of hydrogen-bond donors (Lipinski definition) is 2. The second-order valence-corrected chi connectivity index (χ2v) is 5.70. The molecule has 0 aliphatic rings. The van der Waals surface area contributed by atoms with E-state index in [1.54, 1.807) is 0 Å². The van der Waals surface area contributed by atoms with Gasteiger partial charge in [0.1, 0.15) is 0 Å². The monoisotopic (exact) mass is 290 g/mol. The fraction of sp³-hybridized carbons (Fsp3) is 0.611. The zero-order valence-electron chi connectivity index (χ0n) is 13.7. The lowest BCUT2D eigenvalue weighted by atomic mass is 10.1. The van der Waals surface area contributed by atoms with Crippen molar-refractivity contribution in [2.24, 2.45) is 0 Å². The number of benzene rings is 1. The van der Waals surface area contributed by atoms with Crippen LogP contribution in [0.1, 0.15) is 70.4 Å². The Balaban J connectivity index is 2.31. The summed E-state index contributed by atoms with van der Waals surface area (Å²) < 4.78 is 0. The number of rotatable bonds is 10. The number of amides is 1. The molecule has 1 unspecified atom stereocenters. The van der Waals surface area contributed by atoms with E-state index in [9.17, 15) is 4.79 Å². The summed E-state index contributed by atoms with van der Waals surface area (Å²) in [4.78, 5) is 11.9. The van der Waals surface area contributed by atoms with Crippen LogP contribution in [-0.2, 0) is 4.79 Å². The Hall–Kier alpha value is -1.35. The Labute approximate surface area is 129 Å². The van der Waals surface area contributed by atoms with E-state index in [4.69, 9.17) is 0 Å². The lowest BCUT2D eigenvalue weighted by Gasteiger charge is -2.12. The molecule has 0 aliphatic heterocycles. The Kier molecular flexibility index (Phi) is 8.76. The fourth-order valence-corrected chi connectivity index (χ4v) is 2.34. The van der Waals surface area contributed by atoms with Crippen LogP contribution in [0.3, 0.4) is 0 Å². The molecule has 1 aromatic carbocycles. The van der Waals surface area contributed by atoms with Crippen LogP contribution in [0.15, 0.2) is 24.3 Å². The standard InChI is InChI=1S/C18H30N2O/c1-4-5-6-7-8-9-13-18(21)20-17-12-10-11-16(14-17)15(2)19-3/h10-12,14-15,19H,4-9,13H2,1-3H3,(H,20,21). The van der Waals surface area contributed by atoms with E-state index < -0.39 is 0 Å². The van der Waals surface area contributed by atoms with Crippen molar-refractivity contribution in [1.82, 2.24) is 5.32 Å². The lowest BCUT2D eigenvalue weighted by Crippen LogP contribution is -2.14. The molecule has 2 N–H and O–H groups in total. The summed E-state index contributed by atoms with van der Waals surface area (Å²) in [5, 5.41) is 6.20. The number of hydrogen-bond acceptors (Lipinski definition) is 2. The van der Waals surface area contributed by atoms with Gasteiger partial charge in [-0.25, -0.2) is 0 Å². The molecule has 1 rings (SSSR count). The third-order valence-corrected chi connectivity index (χ3v) is 3.86. The van der Waals surface area contributed by atoms with Crippen molar-refractivity contribution < 1.29 is 4.79 Å². The molecule has 0 radical (unpaired) electrons. The van der Waals surface area contributed by atoms with Gasteiger partial charge < -0.3 is 10.6 Å². The van der Waals surface area contributed by atoms with Gasteiger partial charge >= 0.3 is 0 Å². The van der Waals surface area contributed by atoms with Crippen LogP contribution in [0.4, 0.5) is 5.69 Å². The molecule has 118 valence electrons. The number of unbranched alkanes of at least 4 members (excludes halogenated alkanes) is 5. The van der Waals surface area contributed by atoms with Crippen LogP contribution in [0.5, 0.6) is 0 Å². The third-order valence-electron chi connectivity index (χ3n) is 3.86. The van der Waals surface area contributed by atoms with Crippen molar-refractivity contribution in [2.45, 2.75) is 64.8 Å². The average Bonchev–Trinajstić information content (AvgIpc) is 2.50. The highest BCUT2D eigenvalue weighted by atomic mass is 16.1. The van der Waals surface area contributed by atoms with Crippen LogP contribution >= 0.6 is 0 Å². The van der Waals surface area contributed by atoms with Crippen molar-refractivity contribution in [3.8, 4) is 0 Å². The highest BCUT2D eigenvalue weighted by molar-refractivity contribution is 5.90. The highest BCUT2D eigenvalue weighted by Gasteiger charge is 2.05. The van der Waals surface area contributed by atoms with Crippen molar-refractivity contribution >= 4 is 11.6 Å². The molecule has 21 heavy (non-hydrogen) atoms. The average molecular weight is 290 g/mol. The molecule has 0 spiro atoms. The summed E-state index contributed by atoms with van der Waals surface area (Å²) in [5.41, 5.74) is 2.08. The molecular weight excluding hydrogens is 260 g/mol. The summed E-state index contributed by atoms with van der Waals surface area (Å²) in [7, 11) is 1.94. The quantitative estimate of drug-likeness (QED) is 0.615. The van der Waals surface area contributed by atoms with E-state index in [-0.39, 0.29) is 5.91 Å². The molecule has 0 bridgehead atoms. The van der Waals surface area contributed by atoms with E-state index in [0.29, 0.717) is 12.5 Å². The van der Waals surface area contributed by atoms with E-state index in [0.717, 1.165) is 18.5 Å². The molecule has 1 amide bonds. The first-order valence-corrected chi connectivity index (χ1v) is 8.24. The minimum atomic E-state index is 0.125. The van der Waals surface area contributed by atoms with E-state index in [1.807, 2.05) is 25.2 Å². The molecule has 3 heteroatoms. The number of anilines is 1. The van der Waals surface area contributed by atoms with Crippen LogP contribution in [-0.4, -0.2) is 13.0 Å². The molecule has 0 saturated carbocycles. The van der Waals surface area contributed by atoms with Gasteiger partial charge in [0.15, 0.2) is 0 Å². The van der Waals surface area contributed by atoms with Crippen molar-refractivity contribution in [3.05, 3.63) is 29.8 Å². The summed E-state index contributed by atoms with van der Waals surface area (Å²) >= 11 is 0. The van der Waals surface area contributed by atoms with Crippen LogP contribution in [0.25, 0.3) is 0 Å². The molecular formula is C18H30N2O. The number of carbonyl (C=O) groups excluding carboxylic acids is 1. The van der Waals surface area contributed by atoms with E-state index in [1.165, 1.54) is 31.2 Å². The van der Waals surface area contributed by atoms with Crippen molar-refractivity contribution in [3.63, 3.8) is 0 Å². The Morgan fingerprint density at radius 3 is 2.57 bits per heavy atom. The van der Waals surface area contributed by atoms with Gasteiger partial charge in [-0.05, 0) is 38.1 Å². The van der Waals surface area contributed by atoms with Gasteiger partial charge in [0.05, 0.1) is 0 Å². The van der Waals surface area contributed by atoms with Crippen molar-refractivity contribution in [1.29, 1.82) is 0 Å². The summed E-state index contributed by atoms with van der Waals surface area (Å²) in [6.45, 7) is 4.33. The molecule has 0 heterocycles. The number of carbonyl (C=O) groups is 1. The Morgan fingerprint density at radius 1 is 1.14 bits per heavy atom. The predicted octanol–water partition coefficient (Wildman–Crippen LogP) is 4.66. The highest BCUT2D eigenvalue weighted by Crippen LogP contribution is 2.17. The van der Waals surface area contributed by atoms with Gasteiger partial charge in [0.25, 0.3) is 0 Å². The van der Waals surface area contributed by atoms with E-state index >= 15 is 0 Å². The number of nitrogens with one attached hydrogen (secondary N) is 2. The van der Waals surface area contributed by atoms with Crippen LogP contribution in [0, 0.1) is 0 Å². The lowest BCUT2D eigenvalue weighted by molar-refractivity contribution is -0.116. The topological polar surface area (TPSA) is 41.1 Å². The van der Waals surface area contributed by atoms with E-state index in [2.05, 4.69) is 30.5 Å². The summed E-state index contributed by atoms with van der Waals surface area (Å²) in [6, 6.07) is 8.35. The van der Waals surface area contributed by atoms with Gasteiger partial charge in [0.2, 0.25) is 5.91 Å². The predicted molar refractivity (Wildman–Crippen MR) is 90.5 cm³/mol. The van der Waals surface area contributed by atoms with Crippen LogP contribution < -0.4 is 10.6 Å². The molecule has 0 saturated heterocycles. The maximum absolute atomic E-state index is 11.9. The normalized spacial score (nSPS) is 12.1. The molecule has 0 aromatic heterocycles. The zero-order chi connectivity index (χ0) is 15.5. The van der Waals surface area contributed by atoms with Crippen LogP contribution in [0.2, 0.25) is 0 Å². The van der Waals surface area contributed by atoms with Gasteiger partial charge in [-0.2, -0.15) is 0 Å². The SMILES string of the molecule is CCCCCCCCC(=O)Nc1cccc(C(C)NC)c1.